The van der Waals surface area contributed by atoms with Gasteiger partial charge in [-0.2, -0.15) is 0 Å². The fourth-order valence-corrected chi connectivity index (χ4v) is 7.79. The van der Waals surface area contributed by atoms with Crippen molar-refractivity contribution < 1.29 is 0 Å². The molecule has 202 valence electrons. The minimum atomic E-state index is -0.0214. The summed E-state index contributed by atoms with van der Waals surface area (Å²) in [5.74, 6) is 0. The monoisotopic (exact) mass is 546 g/mol. The van der Waals surface area contributed by atoms with Crippen molar-refractivity contribution in [2.75, 3.05) is 0 Å². The van der Waals surface area contributed by atoms with Crippen molar-refractivity contribution in [3.05, 3.63) is 157 Å². The zero-order chi connectivity index (χ0) is 28.7. The Hall–Kier alpha value is -5.20. The fraction of sp³-hybridized carbons (Fsp3) is 0.0698. The molecular formula is C43H30. The summed E-state index contributed by atoms with van der Waals surface area (Å²) in [5.41, 5.74) is 10.6. The molecule has 0 bridgehead atoms. The van der Waals surface area contributed by atoms with Crippen LogP contribution in [-0.2, 0) is 5.41 Å². The number of benzene rings is 8. The molecule has 9 rings (SSSR count). The highest BCUT2D eigenvalue weighted by molar-refractivity contribution is 6.20. The van der Waals surface area contributed by atoms with Crippen LogP contribution in [-0.4, -0.2) is 0 Å². The third-order valence-electron chi connectivity index (χ3n) is 9.79. The van der Waals surface area contributed by atoms with Crippen LogP contribution in [0.1, 0.15) is 25.0 Å². The van der Waals surface area contributed by atoms with Crippen LogP contribution < -0.4 is 0 Å². The first-order chi connectivity index (χ1) is 21.1. The highest BCUT2D eigenvalue weighted by atomic mass is 14.4. The van der Waals surface area contributed by atoms with Gasteiger partial charge in [-0.3, -0.25) is 0 Å². The minimum absolute atomic E-state index is 0.0214. The molecule has 0 aromatic heterocycles. The van der Waals surface area contributed by atoms with Crippen molar-refractivity contribution in [1.29, 1.82) is 0 Å². The summed E-state index contributed by atoms with van der Waals surface area (Å²) in [5, 5.41) is 10.4. The van der Waals surface area contributed by atoms with Gasteiger partial charge in [-0.25, -0.2) is 0 Å². The van der Waals surface area contributed by atoms with E-state index >= 15 is 0 Å². The van der Waals surface area contributed by atoms with Crippen molar-refractivity contribution in [3.63, 3.8) is 0 Å². The van der Waals surface area contributed by atoms with Gasteiger partial charge in [-0.15, -0.1) is 0 Å². The van der Waals surface area contributed by atoms with Gasteiger partial charge in [0.05, 0.1) is 0 Å². The van der Waals surface area contributed by atoms with Crippen LogP contribution in [0.25, 0.3) is 76.5 Å². The molecule has 0 saturated carbocycles. The maximum absolute atomic E-state index is 2.38. The van der Waals surface area contributed by atoms with Crippen molar-refractivity contribution in [2.45, 2.75) is 19.3 Å². The molecule has 0 fully saturated rings. The molecular weight excluding hydrogens is 516 g/mol. The van der Waals surface area contributed by atoms with Crippen LogP contribution in [0.4, 0.5) is 0 Å². The van der Waals surface area contributed by atoms with E-state index in [2.05, 4.69) is 159 Å². The Bertz CT molecular complexity index is 2420. The summed E-state index contributed by atoms with van der Waals surface area (Å²) < 4.78 is 0. The maximum atomic E-state index is 2.38. The summed E-state index contributed by atoms with van der Waals surface area (Å²) in [6, 6.07) is 54.2. The Morgan fingerprint density at radius 2 is 1.05 bits per heavy atom. The molecule has 0 saturated heterocycles. The summed E-state index contributed by atoms with van der Waals surface area (Å²) >= 11 is 0. The van der Waals surface area contributed by atoms with Crippen LogP contribution in [0.2, 0.25) is 0 Å². The predicted octanol–water partition coefficient (Wildman–Crippen LogP) is 11.9. The van der Waals surface area contributed by atoms with Gasteiger partial charge in [0.1, 0.15) is 0 Å². The van der Waals surface area contributed by atoms with Gasteiger partial charge in [-0.05, 0) is 106 Å². The minimum Gasteiger partial charge on any atom is -0.0619 e. The number of rotatable bonds is 2. The number of hydrogen-bond donors (Lipinski definition) is 0. The molecule has 0 radical (unpaired) electrons. The second-order valence-corrected chi connectivity index (χ2v) is 12.5. The zero-order valence-corrected chi connectivity index (χ0v) is 24.4. The van der Waals surface area contributed by atoms with E-state index in [1.807, 2.05) is 0 Å². The largest absolute Gasteiger partial charge is 0.0619 e. The molecule has 0 heterocycles. The van der Waals surface area contributed by atoms with E-state index in [1.165, 1.54) is 87.6 Å². The van der Waals surface area contributed by atoms with Crippen LogP contribution in [0, 0.1) is 0 Å². The Morgan fingerprint density at radius 3 is 1.95 bits per heavy atom. The predicted molar refractivity (Wildman–Crippen MR) is 185 cm³/mol. The quantitative estimate of drug-likeness (QED) is 0.149. The average molecular weight is 547 g/mol. The van der Waals surface area contributed by atoms with E-state index in [0.29, 0.717) is 0 Å². The second-order valence-electron chi connectivity index (χ2n) is 12.5. The van der Waals surface area contributed by atoms with Gasteiger partial charge in [0.25, 0.3) is 0 Å². The summed E-state index contributed by atoms with van der Waals surface area (Å²) in [7, 11) is 0. The smallest absolute Gasteiger partial charge is 0.0165 e. The first-order valence-corrected chi connectivity index (χ1v) is 15.2. The van der Waals surface area contributed by atoms with Crippen LogP contribution in [0.5, 0.6) is 0 Å². The Labute approximate surface area is 251 Å². The number of hydrogen-bond acceptors (Lipinski definition) is 0. The molecule has 0 unspecified atom stereocenters. The SMILES string of the molecule is CC1(C)c2ccccc2-c2ccc3cc(-c4cccc(-c5c6ccccc6cc6c5ccc5ccccc56)c4)ccc3c21. The van der Waals surface area contributed by atoms with E-state index in [1.54, 1.807) is 0 Å². The second kappa shape index (κ2) is 8.90. The standard InChI is InChI=1S/C43H30/c1-43(2)40-17-8-7-16-36(40)38-23-20-31-24-29(19-21-35(31)42(38)43)28-12-9-13-32(25-28)41-34-15-6-4-11-30(34)26-39-33-14-5-3-10-27(33)18-22-37(39)41/h3-26H,1-2H3. The van der Waals surface area contributed by atoms with Gasteiger partial charge in [-0.1, -0.05) is 141 Å². The molecule has 0 heteroatoms. The zero-order valence-electron chi connectivity index (χ0n) is 24.4. The van der Waals surface area contributed by atoms with E-state index in [0.717, 1.165) is 0 Å². The first-order valence-electron chi connectivity index (χ1n) is 15.2. The Morgan fingerprint density at radius 1 is 0.372 bits per heavy atom. The summed E-state index contributed by atoms with van der Waals surface area (Å²) in [4.78, 5) is 0. The fourth-order valence-electron chi connectivity index (χ4n) is 7.79. The lowest BCUT2D eigenvalue weighted by Crippen LogP contribution is -2.15. The molecule has 0 atom stereocenters. The molecule has 0 spiro atoms. The lowest BCUT2D eigenvalue weighted by atomic mass is 9.80. The van der Waals surface area contributed by atoms with Crippen molar-refractivity contribution in [3.8, 4) is 33.4 Å². The van der Waals surface area contributed by atoms with Crippen molar-refractivity contribution in [1.82, 2.24) is 0 Å². The lowest BCUT2D eigenvalue weighted by Gasteiger charge is -2.23. The molecule has 8 aromatic rings. The molecule has 0 amide bonds. The Balaban J connectivity index is 1.23. The van der Waals surface area contributed by atoms with Crippen molar-refractivity contribution >= 4 is 43.1 Å². The number of fused-ring (bicyclic) bond motifs is 9. The highest BCUT2D eigenvalue weighted by Crippen LogP contribution is 2.51. The van der Waals surface area contributed by atoms with Gasteiger partial charge in [0.2, 0.25) is 0 Å². The molecule has 0 aliphatic heterocycles. The average Bonchev–Trinajstić information content (AvgIpc) is 3.30. The molecule has 8 aromatic carbocycles. The van der Waals surface area contributed by atoms with Gasteiger partial charge < -0.3 is 0 Å². The van der Waals surface area contributed by atoms with Gasteiger partial charge in [0.15, 0.2) is 0 Å². The van der Waals surface area contributed by atoms with Crippen LogP contribution in [0.15, 0.2) is 146 Å². The van der Waals surface area contributed by atoms with E-state index in [9.17, 15) is 0 Å². The molecule has 1 aliphatic carbocycles. The molecule has 0 nitrogen and oxygen atoms in total. The maximum Gasteiger partial charge on any atom is 0.0165 e. The Kier molecular flexibility index (Phi) is 5.05. The lowest BCUT2D eigenvalue weighted by molar-refractivity contribution is 0.666. The normalized spacial score (nSPS) is 13.5. The third-order valence-corrected chi connectivity index (χ3v) is 9.79. The first kappa shape index (κ1) is 24.4. The molecule has 1 aliphatic rings. The topological polar surface area (TPSA) is 0 Å². The summed E-state index contributed by atoms with van der Waals surface area (Å²) in [6.45, 7) is 4.73. The van der Waals surface area contributed by atoms with Crippen LogP contribution in [0.3, 0.4) is 0 Å². The van der Waals surface area contributed by atoms with E-state index < -0.39 is 0 Å². The molecule has 0 N–H and O–H groups in total. The summed E-state index contributed by atoms with van der Waals surface area (Å²) in [6.07, 6.45) is 0. The van der Waals surface area contributed by atoms with E-state index in [-0.39, 0.29) is 5.41 Å². The van der Waals surface area contributed by atoms with Gasteiger partial charge >= 0.3 is 0 Å². The van der Waals surface area contributed by atoms with Gasteiger partial charge in [0, 0.05) is 5.41 Å². The van der Waals surface area contributed by atoms with Crippen LogP contribution >= 0.6 is 0 Å². The van der Waals surface area contributed by atoms with Crippen molar-refractivity contribution in [2.24, 2.45) is 0 Å². The molecule has 43 heavy (non-hydrogen) atoms. The third kappa shape index (κ3) is 3.50. The highest BCUT2D eigenvalue weighted by Gasteiger charge is 2.36. The van der Waals surface area contributed by atoms with E-state index in [4.69, 9.17) is 0 Å².